The van der Waals surface area contributed by atoms with Crippen molar-refractivity contribution < 1.29 is 4.48 Å². The van der Waals surface area contributed by atoms with E-state index in [0.717, 1.165) is 0 Å². The van der Waals surface area contributed by atoms with Crippen LogP contribution in [-0.4, -0.2) is 39.6 Å². The smallest absolute Gasteiger partial charge is 0.0784 e. The predicted octanol–water partition coefficient (Wildman–Crippen LogP) is 0.185. The molecule has 1 rings (SSSR count). The van der Waals surface area contributed by atoms with Crippen molar-refractivity contribution in [2.75, 3.05) is 26.7 Å². The molecule has 62 valence electrons. The van der Waals surface area contributed by atoms with Crippen molar-refractivity contribution in [3.8, 4) is 0 Å². The van der Waals surface area contributed by atoms with Crippen LogP contribution < -0.4 is 0 Å². The van der Waals surface area contributed by atoms with E-state index in [4.69, 9.17) is 0 Å². The van der Waals surface area contributed by atoms with E-state index < -0.39 is 0 Å². The monoisotopic (exact) mass is 143 g/mol. The summed E-state index contributed by atoms with van der Waals surface area (Å²) >= 11 is 0. The summed E-state index contributed by atoms with van der Waals surface area (Å²) in [5.74, 6) is 0. The number of hydrogen-bond donors (Lipinski definition) is 0. The number of hydrogen-bond acceptors (Lipinski definition) is 0. The molecule has 0 aliphatic carbocycles. The average molecular weight is 143 g/mol. The van der Waals surface area contributed by atoms with Gasteiger partial charge in [-0.1, -0.05) is 8.41 Å². The van der Waals surface area contributed by atoms with Gasteiger partial charge in [-0.15, -0.1) is 0 Å². The number of quaternary nitrogens is 1. The Morgan fingerprint density at radius 2 is 1.60 bits per heavy atom. The second-order valence-electron chi connectivity index (χ2n) is 3.44. The van der Waals surface area contributed by atoms with Crippen LogP contribution in [0.15, 0.2) is 0 Å². The third kappa shape index (κ3) is 2.33. The Morgan fingerprint density at radius 3 is 1.90 bits per heavy atom. The van der Waals surface area contributed by atoms with Gasteiger partial charge < -0.3 is 4.48 Å². The number of piperidine rings is 1. The molecule has 1 aliphatic rings. The van der Waals surface area contributed by atoms with Gasteiger partial charge in [0.05, 0.1) is 26.7 Å². The summed E-state index contributed by atoms with van der Waals surface area (Å²) in [7, 11) is 2.37. The predicted molar refractivity (Wildman–Crippen MR) is 51.6 cm³/mol. The van der Waals surface area contributed by atoms with Gasteiger partial charge in [-0.25, -0.2) is 0 Å². The quantitative estimate of drug-likeness (QED) is 0.363. The van der Waals surface area contributed by atoms with Gasteiger partial charge in [0.1, 0.15) is 0 Å². The van der Waals surface area contributed by atoms with Crippen molar-refractivity contribution in [3.05, 3.63) is 0 Å². The molecule has 0 unspecified atom stereocenters. The molecular formula is C8H22BN. The lowest BCUT2D eigenvalue weighted by atomic mass is 10.1. The first-order chi connectivity index (χ1) is 4.27. The summed E-state index contributed by atoms with van der Waals surface area (Å²) in [5, 5.41) is 0. The molecule has 1 aliphatic heterocycles. The zero-order valence-electron chi connectivity index (χ0n) is 6.69. The van der Waals surface area contributed by atoms with Crippen LogP contribution in [0, 0.1) is 0 Å². The first-order valence-corrected chi connectivity index (χ1v) is 4.10. The van der Waals surface area contributed by atoms with Gasteiger partial charge in [0, 0.05) is 0 Å². The number of nitrogens with zero attached hydrogens (tertiary/aromatic N) is 1. The summed E-state index contributed by atoms with van der Waals surface area (Å²) in [6.45, 7) is 6.44. The van der Waals surface area contributed by atoms with Crippen molar-refractivity contribution in [2.45, 2.75) is 26.2 Å². The van der Waals surface area contributed by atoms with Gasteiger partial charge >= 0.3 is 0 Å². The SMILES string of the molecule is CC[N+]1(C)CCCCC1.[BH4-]. The average Bonchev–Trinajstić information content (AvgIpc) is 1.90. The minimum atomic E-state index is 0. The Labute approximate surface area is 66.6 Å². The van der Waals surface area contributed by atoms with E-state index in [2.05, 4.69) is 14.0 Å². The van der Waals surface area contributed by atoms with Gasteiger partial charge in [-0.05, 0) is 26.2 Å². The zero-order chi connectivity index (χ0) is 6.74. The largest absolute Gasteiger partial charge is 0.326 e. The molecule has 1 fully saturated rings. The molecule has 0 bridgehead atoms. The molecule has 1 saturated heterocycles. The minimum Gasteiger partial charge on any atom is -0.326 e. The van der Waals surface area contributed by atoms with Crippen LogP contribution in [0.1, 0.15) is 26.2 Å². The van der Waals surface area contributed by atoms with Gasteiger partial charge in [0.25, 0.3) is 0 Å². The van der Waals surface area contributed by atoms with Gasteiger partial charge in [0.2, 0.25) is 0 Å². The van der Waals surface area contributed by atoms with Crippen LogP contribution in [0.25, 0.3) is 0 Å². The molecular weight excluding hydrogens is 121 g/mol. The Kier molecular flexibility index (Phi) is 4.03. The maximum Gasteiger partial charge on any atom is 0.0784 e. The molecule has 0 atom stereocenters. The molecule has 1 nitrogen and oxygen atoms in total. The van der Waals surface area contributed by atoms with E-state index in [1.54, 1.807) is 0 Å². The normalized spacial score (nSPS) is 23.4. The van der Waals surface area contributed by atoms with E-state index in [-0.39, 0.29) is 8.41 Å². The minimum absolute atomic E-state index is 0. The highest BCUT2D eigenvalue weighted by Crippen LogP contribution is 2.14. The lowest BCUT2D eigenvalue weighted by molar-refractivity contribution is -0.912. The van der Waals surface area contributed by atoms with Gasteiger partial charge in [0.15, 0.2) is 0 Å². The molecule has 0 aromatic rings. The van der Waals surface area contributed by atoms with Crippen LogP contribution in [0.5, 0.6) is 0 Å². The highest BCUT2D eigenvalue weighted by molar-refractivity contribution is 5.75. The van der Waals surface area contributed by atoms with Crippen LogP contribution in [0.3, 0.4) is 0 Å². The second kappa shape index (κ2) is 4.02. The summed E-state index contributed by atoms with van der Waals surface area (Å²) in [6.07, 6.45) is 4.36. The first-order valence-electron chi connectivity index (χ1n) is 4.10. The Balaban J connectivity index is 0.000000810. The second-order valence-corrected chi connectivity index (χ2v) is 3.44. The lowest BCUT2D eigenvalue weighted by Gasteiger charge is -2.36. The van der Waals surface area contributed by atoms with E-state index in [9.17, 15) is 0 Å². The zero-order valence-corrected chi connectivity index (χ0v) is 6.69. The molecule has 0 aromatic heterocycles. The third-order valence-corrected chi connectivity index (χ3v) is 2.66. The van der Waals surface area contributed by atoms with Crippen molar-refractivity contribution in [2.24, 2.45) is 0 Å². The van der Waals surface area contributed by atoms with Crippen molar-refractivity contribution >= 4 is 8.41 Å². The third-order valence-electron chi connectivity index (χ3n) is 2.66. The maximum atomic E-state index is 2.37. The highest BCUT2D eigenvalue weighted by Gasteiger charge is 2.21. The van der Waals surface area contributed by atoms with E-state index in [1.807, 2.05) is 0 Å². The maximum absolute atomic E-state index is 2.37. The highest BCUT2D eigenvalue weighted by atomic mass is 15.3. The Bertz CT molecular complexity index is 87.3. The molecule has 0 aromatic carbocycles. The van der Waals surface area contributed by atoms with E-state index in [0.29, 0.717) is 0 Å². The van der Waals surface area contributed by atoms with Crippen LogP contribution in [0.4, 0.5) is 0 Å². The lowest BCUT2D eigenvalue weighted by Crippen LogP contribution is -2.47. The Morgan fingerprint density at radius 1 is 1.10 bits per heavy atom. The first kappa shape index (κ1) is 10.0. The molecule has 0 N–H and O–H groups in total. The molecule has 1 heterocycles. The van der Waals surface area contributed by atoms with E-state index >= 15 is 0 Å². The number of likely N-dealkylation sites (tertiary alicyclic amines) is 1. The molecule has 0 radical (unpaired) electrons. The molecule has 10 heavy (non-hydrogen) atoms. The Hall–Kier alpha value is 0.0249. The fourth-order valence-corrected chi connectivity index (χ4v) is 1.59. The molecule has 2 heteroatoms. The molecule has 0 saturated carbocycles. The summed E-state index contributed by atoms with van der Waals surface area (Å²) in [4.78, 5) is 0. The van der Waals surface area contributed by atoms with Crippen LogP contribution in [-0.2, 0) is 0 Å². The topological polar surface area (TPSA) is 0 Å². The van der Waals surface area contributed by atoms with Gasteiger partial charge in [-0.2, -0.15) is 0 Å². The van der Waals surface area contributed by atoms with Crippen LogP contribution in [0.2, 0.25) is 0 Å². The standard InChI is InChI=1S/C8H18N.BH4/c1-3-9(2)7-5-4-6-8-9;/h3-8H2,1-2H3;1H4/q+1;-1. The van der Waals surface area contributed by atoms with Crippen LogP contribution >= 0.6 is 0 Å². The summed E-state index contributed by atoms with van der Waals surface area (Å²) < 4.78 is 1.32. The van der Waals surface area contributed by atoms with Gasteiger partial charge in [-0.3, -0.25) is 0 Å². The summed E-state index contributed by atoms with van der Waals surface area (Å²) in [5.41, 5.74) is 0. The van der Waals surface area contributed by atoms with E-state index in [1.165, 1.54) is 43.4 Å². The molecule has 0 amide bonds. The number of rotatable bonds is 1. The summed E-state index contributed by atoms with van der Waals surface area (Å²) in [6, 6.07) is 0. The van der Waals surface area contributed by atoms with Crippen molar-refractivity contribution in [1.29, 1.82) is 0 Å². The fourth-order valence-electron chi connectivity index (χ4n) is 1.59. The van der Waals surface area contributed by atoms with Crippen molar-refractivity contribution in [1.82, 2.24) is 0 Å². The van der Waals surface area contributed by atoms with Crippen molar-refractivity contribution in [3.63, 3.8) is 0 Å². The molecule has 0 spiro atoms. The fraction of sp³-hybridized carbons (Fsp3) is 1.00.